The zero-order valence-electron chi connectivity index (χ0n) is 18.3. The molecule has 172 valence electrons. The molecule has 8 nitrogen and oxygen atoms in total. The van der Waals surface area contributed by atoms with Crippen LogP contribution in [0.4, 0.5) is 0 Å². The van der Waals surface area contributed by atoms with Crippen LogP contribution in [-0.4, -0.2) is 75.5 Å². The Bertz CT molecular complexity index is 854. The number of esters is 1. The van der Waals surface area contributed by atoms with Crippen LogP contribution in [0.15, 0.2) is 29.2 Å². The lowest BCUT2D eigenvalue weighted by molar-refractivity contribution is -0.153. The van der Waals surface area contributed by atoms with E-state index in [2.05, 4.69) is 13.8 Å². The quantitative estimate of drug-likeness (QED) is 0.585. The van der Waals surface area contributed by atoms with E-state index in [1.165, 1.54) is 4.31 Å². The summed E-state index contributed by atoms with van der Waals surface area (Å²) in [6.07, 6.45) is 1.66. The van der Waals surface area contributed by atoms with E-state index in [0.29, 0.717) is 57.6 Å². The van der Waals surface area contributed by atoms with E-state index in [-0.39, 0.29) is 23.8 Å². The standard InChI is InChI=1S/C22H32N2O6S/c1-17-13-18(2)15-23(14-17)21(25)16-30-22(26)8-5-19-3-6-20(7-4-19)31(27,28)24-9-11-29-12-10-24/h3-4,6-7,17-18H,5,8-16H2,1-2H3/t17-,18-/m0/s1. The van der Waals surface area contributed by atoms with Gasteiger partial charge in [-0.25, -0.2) is 8.42 Å². The van der Waals surface area contributed by atoms with Crippen LogP contribution < -0.4 is 0 Å². The van der Waals surface area contributed by atoms with E-state index in [9.17, 15) is 18.0 Å². The lowest BCUT2D eigenvalue weighted by Crippen LogP contribution is -2.44. The van der Waals surface area contributed by atoms with Gasteiger partial charge in [0.05, 0.1) is 18.1 Å². The Morgan fingerprint density at radius 3 is 2.29 bits per heavy atom. The van der Waals surface area contributed by atoms with Gasteiger partial charge in [-0.1, -0.05) is 26.0 Å². The summed E-state index contributed by atoms with van der Waals surface area (Å²) >= 11 is 0. The minimum Gasteiger partial charge on any atom is -0.456 e. The van der Waals surface area contributed by atoms with Crippen LogP contribution in [0.1, 0.15) is 32.3 Å². The molecule has 31 heavy (non-hydrogen) atoms. The molecule has 1 amide bonds. The molecule has 0 bridgehead atoms. The molecule has 1 aromatic rings. The Balaban J connectivity index is 1.44. The highest BCUT2D eigenvalue weighted by Gasteiger charge is 2.27. The number of hydrogen-bond donors (Lipinski definition) is 0. The number of piperidine rings is 1. The summed E-state index contributed by atoms with van der Waals surface area (Å²) in [6.45, 7) is 6.94. The number of benzene rings is 1. The maximum atomic E-state index is 12.6. The molecule has 3 rings (SSSR count). The van der Waals surface area contributed by atoms with Crippen molar-refractivity contribution in [3.8, 4) is 0 Å². The molecular formula is C22H32N2O6S. The average Bonchev–Trinajstić information content (AvgIpc) is 2.76. The second-order valence-electron chi connectivity index (χ2n) is 8.57. The zero-order valence-corrected chi connectivity index (χ0v) is 19.1. The Hall–Kier alpha value is -1.97. The van der Waals surface area contributed by atoms with Crippen molar-refractivity contribution in [2.75, 3.05) is 46.0 Å². The van der Waals surface area contributed by atoms with Crippen molar-refractivity contribution in [2.24, 2.45) is 11.8 Å². The van der Waals surface area contributed by atoms with E-state index >= 15 is 0 Å². The summed E-state index contributed by atoms with van der Waals surface area (Å²) < 4.78 is 37.1. The maximum absolute atomic E-state index is 12.6. The summed E-state index contributed by atoms with van der Waals surface area (Å²) in [6, 6.07) is 6.55. The predicted molar refractivity (Wildman–Crippen MR) is 115 cm³/mol. The molecule has 2 atom stereocenters. The van der Waals surface area contributed by atoms with E-state index in [1.54, 1.807) is 29.2 Å². The molecular weight excluding hydrogens is 420 g/mol. The molecule has 0 radical (unpaired) electrons. The molecule has 0 saturated carbocycles. The number of nitrogens with zero attached hydrogens (tertiary/aromatic N) is 2. The van der Waals surface area contributed by atoms with Crippen LogP contribution in [0.25, 0.3) is 0 Å². The van der Waals surface area contributed by atoms with E-state index in [4.69, 9.17) is 9.47 Å². The van der Waals surface area contributed by atoms with Gasteiger partial charge >= 0.3 is 5.97 Å². The number of aryl methyl sites for hydroxylation is 1. The third-order valence-electron chi connectivity index (χ3n) is 5.73. The molecule has 2 aliphatic heterocycles. The summed E-state index contributed by atoms with van der Waals surface area (Å²) in [5.41, 5.74) is 0.836. The van der Waals surface area contributed by atoms with Gasteiger partial charge in [-0.05, 0) is 42.4 Å². The summed E-state index contributed by atoms with van der Waals surface area (Å²) in [4.78, 5) is 26.4. The number of sulfonamides is 1. The average molecular weight is 453 g/mol. The highest BCUT2D eigenvalue weighted by molar-refractivity contribution is 7.89. The molecule has 0 spiro atoms. The Morgan fingerprint density at radius 2 is 1.68 bits per heavy atom. The highest BCUT2D eigenvalue weighted by atomic mass is 32.2. The van der Waals surface area contributed by atoms with Gasteiger partial charge in [0.15, 0.2) is 6.61 Å². The van der Waals surface area contributed by atoms with Gasteiger partial charge in [-0.2, -0.15) is 4.31 Å². The lowest BCUT2D eigenvalue weighted by Gasteiger charge is -2.34. The first-order valence-corrected chi connectivity index (χ1v) is 12.3. The highest BCUT2D eigenvalue weighted by Crippen LogP contribution is 2.21. The Morgan fingerprint density at radius 1 is 1.06 bits per heavy atom. The molecule has 0 unspecified atom stereocenters. The number of morpholine rings is 1. The molecule has 2 heterocycles. The molecule has 2 aliphatic rings. The number of likely N-dealkylation sites (tertiary alicyclic amines) is 1. The molecule has 0 N–H and O–H groups in total. The van der Waals surface area contributed by atoms with Crippen LogP contribution in [0, 0.1) is 11.8 Å². The maximum Gasteiger partial charge on any atom is 0.306 e. The number of carbonyl (C=O) groups excluding carboxylic acids is 2. The number of rotatable bonds is 7. The summed E-state index contributed by atoms with van der Waals surface area (Å²) in [5, 5.41) is 0. The molecule has 1 aromatic carbocycles. The number of ether oxygens (including phenoxy) is 2. The zero-order chi connectivity index (χ0) is 22.4. The van der Waals surface area contributed by atoms with Crippen molar-refractivity contribution < 1.29 is 27.5 Å². The second-order valence-corrected chi connectivity index (χ2v) is 10.5. The minimum atomic E-state index is -3.53. The molecule has 0 aromatic heterocycles. The monoisotopic (exact) mass is 452 g/mol. The fraction of sp³-hybridized carbons (Fsp3) is 0.636. The second kappa shape index (κ2) is 10.6. The van der Waals surface area contributed by atoms with Gasteiger partial charge in [0.2, 0.25) is 10.0 Å². The third kappa shape index (κ3) is 6.51. The molecule has 9 heteroatoms. The number of hydrogen-bond acceptors (Lipinski definition) is 6. The summed E-state index contributed by atoms with van der Waals surface area (Å²) in [5.74, 6) is 0.331. The fourth-order valence-corrected chi connectivity index (χ4v) is 5.59. The Labute approximate surface area is 184 Å². The first-order valence-electron chi connectivity index (χ1n) is 10.9. The van der Waals surface area contributed by atoms with Crippen LogP contribution in [0.2, 0.25) is 0 Å². The van der Waals surface area contributed by atoms with E-state index < -0.39 is 16.0 Å². The minimum absolute atomic E-state index is 0.135. The normalized spacial score (nSPS) is 22.8. The van der Waals surface area contributed by atoms with Gasteiger partial charge in [0, 0.05) is 32.6 Å². The SMILES string of the molecule is C[C@H]1C[C@H](C)CN(C(=O)COC(=O)CCc2ccc(S(=O)(=O)N3CCOCC3)cc2)C1. The number of amides is 1. The van der Waals surface area contributed by atoms with Gasteiger partial charge < -0.3 is 14.4 Å². The number of carbonyl (C=O) groups is 2. The topological polar surface area (TPSA) is 93.2 Å². The summed E-state index contributed by atoms with van der Waals surface area (Å²) in [7, 11) is -3.53. The van der Waals surface area contributed by atoms with Gasteiger partial charge in [0.1, 0.15) is 0 Å². The molecule has 0 aliphatic carbocycles. The van der Waals surface area contributed by atoms with Crippen LogP contribution in [-0.2, 0) is 35.5 Å². The van der Waals surface area contributed by atoms with Gasteiger partial charge in [-0.15, -0.1) is 0 Å². The van der Waals surface area contributed by atoms with Crippen molar-refractivity contribution in [1.82, 2.24) is 9.21 Å². The van der Waals surface area contributed by atoms with Crippen LogP contribution >= 0.6 is 0 Å². The van der Waals surface area contributed by atoms with Gasteiger partial charge in [0.25, 0.3) is 5.91 Å². The van der Waals surface area contributed by atoms with Crippen molar-refractivity contribution >= 4 is 21.9 Å². The first-order chi connectivity index (χ1) is 14.8. The van der Waals surface area contributed by atoms with Gasteiger partial charge in [-0.3, -0.25) is 9.59 Å². The largest absolute Gasteiger partial charge is 0.456 e. The van der Waals surface area contributed by atoms with Crippen LogP contribution in [0.3, 0.4) is 0 Å². The molecule has 2 saturated heterocycles. The Kier molecular flexibility index (Phi) is 8.07. The molecule has 2 fully saturated rings. The van der Waals surface area contributed by atoms with Crippen molar-refractivity contribution in [2.45, 2.75) is 38.0 Å². The van der Waals surface area contributed by atoms with E-state index in [0.717, 1.165) is 12.0 Å². The van der Waals surface area contributed by atoms with Crippen LogP contribution in [0.5, 0.6) is 0 Å². The smallest absolute Gasteiger partial charge is 0.306 e. The predicted octanol–water partition coefficient (Wildman–Crippen LogP) is 1.69. The lowest BCUT2D eigenvalue weighted by atomic mass is 9.92. The van der Waals surface area contributed by atoms with Crippen molar-refractivity contribution in [1.29, 1.82) is 0 Å². The van der Waals surface area contributed by atoms with Crippen molar-refractivity contribution in [3.63, 3.8) is 0 Å². The fourth-order valence-electron chi connectivity index (χ4n) is 4.18. The third-order valence-corrected chi connectivity index (χ3v) is 7.64. The van der Waals surface area contributed by atoms with Crippen molar-refractivity contribution in [3.05, 3.63) is 29.8 Å². The van der Waals surface area contributed by atoms with E-state index in [1.807, 2.05) is 0 Å². The first kappa shape index (κ1) is 23.7.